The lowest BCUT2D eigenvalue weighted by Gasteiger charge is -1.90. The molecule has 0 saturated heterocycles. The first-order chi connectivity index (χ1) is 5.81. The quantitative estimate of drug-likeness (QED) is 0.426. The second-order valence-electron chi connectivity index (χ2n) is 3.08. The van der Waals surface area contributed by atoms with Crippen molar-refractivity contribution in [3.05, 3.63) is 23.8 Å². The number of allylic oxidation sites excluding steroid dienone is 3. The SMILES string of the molecule is CCCCCC=CC=C(C)C[O]. The van der Waals surface area contributed by atoms with Crippen molar-refractivity contribution in [3.8, 4) is 0 Å². The van der Waals surface area contributed by atoms with Crippen molar-refractivity contribution in [1.82, 2.24) is 0 Å². The summed E-state index contributed by atoms with van der Waals surface area (Å²) in [5.41, 5.74) is 0.904. The zero-order valence-electron chi connectivity index (χ0n) is 8.18. The molecule has 0 aromatic heterocycles. The highest BCUT2D eigenvalue weighted by molar-refractivity contribution is 5.10. The number of rotatable bonds is 6. The van der Waals surface area contributed by atoms with Crippen LogP contribution >= 0.6 is 0 Å². The summed E-state index contributed by atoms with van der Waals surface area (Å²) in [6.07, 6.45) is 11.0. The molecule has 0 N–H and O–H groups in total. The minimum absolute atomic E-state index is 0.0840. The van der Waals surface area contributed by atoms with Crippen molar-refractivity contribution >= 4 is 0 Å². The van der Waals surface area contributed by atoms with E-state index in [9.17, 15) is 5.11 Å². The average Bonchev–Trinajstić information content (AvgIpc) is 2.10. The smallest absolute Gasteiger partial charge is 0.103 e. The summed E-state index contributed by atoms with van der Waals surface area (Å²) in [6.45, 7) is 3.98. The van der Waals surface area contributed by atoms with E-state index in [2.05, 4.69) is 13.0 Å². The molecule has 0 rings (SSSR count). The Kier molecular flexibility index (Phi) is 8.14. The van der Waals surface area contributed by atoms with Gasteiger partial charge in [-0.2, -0.15) is 0 Å². The summed E-state index contributed by atoms with van der Waals surface area (Å²) in [7, 11) is 0. The number of unbranched alkanes of at least 4 members (excludes halogenated alkanes) is 3. The molecule has 0 bridgehead atoms. The maximum atomic E-state index is 10.3. The van der Waals surface area contributed by atoms with Gasteiger partial charge in [0.1, 0.15) is 6.61 Å². The molecule has 0 unspecified atom stereocenters. The standard InChI is InChI=1S/C11H19O/c1-3-4-5-6-7-8-9-11(2)10-12/h7-9H,3-6,10H2,1-2H3. The van der Waals surface area contributed by atoms with Gasteiger partial charge in [0.15, 0.2) is 0 Å². The Labute approximate surface area is 75.8 Å². The van der Waals surface area contributed by atoms with Crippen molar-refractivity contribution < 1.29 is 5.11 Å². The summed E-state index contributed by atoms with van der Waals surface area (Å²) in [5.74, 6) is 0. The van der Waals surface area contributed by atoms with Crippen molar-refractivity contribution in [3.63, 3.8) is 0 Å². The number of hydrogen-bond donors (Lipinski definition) is 0. The highest BCUT2D eigenvalue weighted by Crippen LogP contribution is 2.00. The van der Waals surface area contributed by atoms with Crippen LogP contribution in [0.4, 0.5) is 0 Å². The lowest BCUT2D eigenvalue weighted by molar-refractivity contribution is 0.223. The van der Waals surface area contributed by atoms with E-state index >= 15 is 0 Å². The fraction of sp³-hybridized carbons (Fsp3) is 0.636. The Bertz CT molecular complexity index is 145. The van der Waals surface area contributed by atoms with Crippen LogP contribution in [-0.2, 0) is 5.11 Å². The maximum absolute atomic E-state index is 10.3. The molecule has 0 fully saturated rings. The van der Waals surface area contributed by atoms with Gasteiger partial charge in [-0.25, -0.2) is 5.11 Å². The first-order valence-corrected chi connectivity index (χ1v) is 4.71. The average molecular weight is 167 g/mol. The van der Waals surface area contributed by atoms with E-state index in [4.69, 9.17) is 0 Å². The van der Waals surface area contributed by atoms with Crippen LogP contribution in [0.2, 0.25) is 0 Å². The molecular formula is C11H19O. The van der Waals surface area contributed by atoms with E-state index in [0.717, 1.165) is 12.0 Å². The Balaban J connectivity index is 3.36. The van der Waals surface area contributed by atoms with Crippen molar-refractivity contribution in [2.45, 2.75) is 39.5 Å². The summed E-state index contributed by atoms with van der Waals surface area (Å²) < 4.78 is 0. The molecule has 0 atom stereocenters. The van der Waals surface area contributed by atoms with Gasteiger partial charge < -0.3 is 0 Å². The first-order valence-electron chi connectivity index (χ1n) is 4.71. The van der Waals surface area contributed by atoms with Crippen LogP contribution < -0.4 is 0 Å². The van der Waals surface area contributed by atoms with E-state index in [0.29, 0.717) is 0 Å². The minimum atomic E-state index is -0.0840. The molecule has 0 aliphatic carbocycles. The van der Waals surface area contributed by atoms with Crippen LogP contribution in [-0.4, -0.2) is 6.61 Å². The fourth-order valence-electron chi connectivity index (χ4n) is 0.889. The summed E-state index contributed by atoms with van der Waals surface area (Å²) in [5, 5.41) is 10.3. The monoisotopic (exact) mass is 167 g/mol. The molecule has 0 saturated carbocycles. The molecule has 0 spiro atoms. The minimum Gasteiger partial charge on any atom is -0.232 e. The van der Waals surface area contributed by atoms with Gasteiger partial charge in [0.2, 0.25) is 0 Å². The molecule has 0 aliphatic heterocycles. The van der Waals surface area contributed by atoms with Gasteiger partial charge in [0.25, 0.3) is 0 Å². The molecule has 0 heterocycles. The van der Waals surface area contributed by atoms with Gasteiger partial charge in [0.05, 0.1) is 0 Å². The Morgan fingerprint density at radius 3 is 2.67 bits per heavy atom. The predicted molar refractivity (Wildman–Crippen MR) is 52.6 cm³/mol. The van der Waals surface area contributed by atoms with E-state index in [1.54, 1.807) is 0 Å². The Hall–Kier alpha value is -0.560. The fourth-order valence-corrected chi connectivity index (χ4v) is 0.889. The summed E-state index contributed by atoms with van der Waals surface area (Å²) in [6, 6.07) is 0. The molecule has 1 radical (unpaired) electrons. The van der Waals surface area contributed by atoms with Crippen LogP contribution in [0.5, 0.6) is 0 Å². The molecule has 69 valence electrons. The Morgan fingerprint density at radius 2 is 2.08 bits per heavy atom. The highest BCUT2D eigenvalue weighted by atomic mass is 16.3. The molecule has 0 aromatic carbocycles. The maximum Gasteiger partial charge on any atom is 0.103 e. The summed E-state index contributed by atoms with van der Waals surface area (Å²) >= 11 is 0. The molecule has 1 nitrogen and oxygen atoms in total. The molecule has 0 amide bonds. The zero-order chi connectivity index (χ0) is 9.23. The third-order valence-corrected chi connectivity index (χ3v) is 1.72. The van der Waals surface area contributed by atoms with Gasteiger partial charge in [-0.05, 0) is 25.3 Å². The zero-order valence-corrected chi connectivity index (χ0v) is 8.18. The van der Waals surface area contributed by atoms with E-state index in [-0.39, 0.29) is 6.61 Å². The highest BCUT2D eigenvalue weighted by Gasteiger charge is 1.82. The third kappa shape index (κ3) is 7.55. The molecule has 0 aromatic rings. The van der Waals surface area contributed by atoms with Gasteiger partial charge in [-0.3, -0.25) is 0 Å². The normalized spacial score (nSPS) is 12.8. The van der Waals surface area contributed by atoms with E-state index in [1.165, 1.54) is 19.3 Å². The van der Waals surface area contributed by atoms with Crippen molar-refractivity contribution in [1.29, 1.82) is 0 Å². The van der Waals surface area contributed by atoms with Gasteiger partial charge in [-0.15, -0.1) is 0 Å². The van der Waals surface area contributed by atoms with Crippen LogP contribution in [0.25, 0.3) is 0 Å². The van der Waals surface area contributed by atoms with Crippen LogP contribution in [0.3, 0.4) is 0 Å². The van der Waals surface area contributed by atoms with E-state index in [1.807, 2.05) is 19.1 Å². The lowest BCUT2D eigenvalue weighted by Crippen LogP contribution is -1.78. The summed E-state index contributed by atoms with van der Waals surface area (Å²) in [4.78, 5) is 0. The lowest BCUT2D eigenvalue weighted by atomic mass is 10.2. The van der Waals surface area contributed by atoms with Crippen molar-refractivity contribution in [2.75, 3.05) is 6.61 Å². The van der Waals surface area contributed by atoms with Gasteiger partial charge in [0, 0.05) is 0 Å². The van der Waals surface area contributed by atoms with Crippen LogP contribution in [0.1, 0.15) is 39.5 Å². The van der Waals surface area contributed by atoms with Crippen LogP contribution in [0, 0.1) is 0 Å². The van der Waals surface area contributed by atoms with E-state index < -0.39 is 0 Å². The largest absolute Gasteiger partial charge is 0.232 e. The predicted octanol–water partition coefficient (Wildman–Crippen LogP) is 3.50. The van der Waals surface area contributed by atoms with Gasteiger partial charge in [-0.1, -0.05) is 38.0 Å². The molecule has 12 heavy (non-hydrogen) atoms. The molecule has 1 heteroatoms. The molecule has 0 aliphatic rings. The van der Waals surface area contributed by atoms with Gasteiger partial charge >= 0.3 is 0 Å². The van der Waals surface area contributed by atoms with Crippen molar-refractivity contribution in [2.24, 2.45) is 0 Å². The Morgan fingerprint density at radius 1 is 1.33 bits per heavy atom. The first kappa shape index (κ1) is 11.4. The third-order valence-electron chi connectivity index (χ3n) is 1.72. The number of hydrogen-bond acceptors (Lipinski definition) is 0. The van der Waals surface area contributed by atoms with Crippen LogP contribution in [0.15, 0.2) is 23.8 Å². The topological polar surface area (TPSA) is 19.9 Å². The molecular weight excluding hydrogens is 148 g/mol. The second kappa shape index (κ2) is 8.54. The second-order valence-corrected chi connectivity index (χ2v) is 3.08.